The van der Waals surface area contributed by atoms with E-state index in [2.05, 4.69) is 20.2 Å². The maximum Gasteiger partial charge on any atom is 0.226 e. The van der Waals surface area contributed by atoms with E-state index < -0.39 is 0 Å². The number of rotatable bonds is 2. The molecule has 1 aromatic rings. The molecule has 1 N–H and O–H groups in total. The monoisotopic (exact) mass is 262 g/mol. The summed E-state index contributed by atoms with van der Waals surface area (Å²) >= 11 is 5.84. The van der Waals surface area contributed by atoms with Crippen LogP contribution in [0.15, 0.2) is 12.3 Å². The molecular weight excluding hydrogens is 247 g/mol. The highest BCUT2D eigenvalue weighted by atomic mass is 35.5. The van der Waals surface area contributed by atoms with Crippen molar-refractivity contribution < 1.29 is 0 Å². The molecule has 1 saturated heterocycles. The molecule has 0 amide bonds. The lowest BCUT2D eigenvalue weighted by molar-refractivity contribution is 0.439. The van der Waals surface area contributed by atoms with Crippen molar-refractivity contribution in [2.24, 2.45) is 0 Å². The average molecular weight is 263 g/mol. The predicted molar refractivity (Wildman–Crippen MR) is 68.6 cm³/mol. The van der Waals surface area contributed by atoms with Gasteiger partial charge in [0, 0.05) is 19.3 Å². The van der Waals surface area contributed by atoms with Crippen molar-refractivity contribution in [2.45, 2.75) is 18.9 Å². The van der Waals surface area contributed by atoms with Crippen LogP contribution in [-0.4, -0.2) is 36.1 Å². The van der Waals surface area contributed by atoms with Gasteiger partial charge in [0.25, 0.3) is 0 Å². The molecule has 4 nitrogen and oxygen atoms in total. The van der Waals surface area contributed by atoms with Crippen LogP contribution in [-0.2, 0) is 0 Å². The van der Waals surface area contributed by atoms with Crippen molar-refractivity contribution in [3.05, 3.63) is 17.4 Å². The van der Waals surface area contributed by atoms with Gasteiger partial charge in [-0.2, -0.15) is 0 Å². The third-order valence-corrected chi connectivity index (χ3v) is 2.99. The molecule has 0 bridgehead atoms. The van der Waals surface area contributed by atoms with E-state index in [-0.39, 0.29) is 12.4 Å². The van der Waals surface area contributed by atoms with Crippen molar-refractivity contribution in [2.75, 3.05) is 25.0 Å². The second kappa shape index (κ2) is 6.23. The molecule has 0 spiro atoms. The van der Waals surface area contributed by atoms with Crippen LogP contribution in [0, 0.1) is 0 Å². The van der Waals surface area contributed by atoms with Gasteiger partial charge in [0.2, 0.25) is 5.95 Å². The molecule has 16 heavy (non-hydrogen) atoms. The molecule has 0 aromatic carbocycles. The summed E-state index contributed by atoms with van der Waals surface area (Å²) in [5.74, 6) is 0.717. The minimum atomic E-state index is 0. The Labute approximate surface area is 107 Å². The predicted octanol–water partition coefficient (Wildman–Crippen LogP) is 1.74. The van der Waals surface area contributed by atoms with E-state index in [0.29, 0.717) is 11.2 Å². The first-order chi connectivity index (χ1) is 7.27. The Morgan fingerprint density at radius 2 is 2.12 bits per heavy atom. The van der Waals surface area contributed by atoms with Crippen molar-refractivity contribution >= 4 is 30.0 Å². The number of piperidine rings is 1. The number of hydrogen-bond donors (Lipinski definition) is 1. The molecule has 0 radical (unpaired) electrons. The normalized spacial score (nSPS) is 16.6. The number of nitrogens with one attached hydrogen (secondary N) is 1. The highest BCUT2D eigenvalue weighted by molar-refractivity contribution is 6.29. The zero-order chi connectivity index (χ0) is 10.7. The Kier molecular flexibility index (Phi) is 5.25. The maximum absolute atomic E-state index is 5.84. The smallest absolute Gasteiger partial charge is 0.226 e. The summed E-state index contributed by atoms with van der Waals surface area (Å²) in [5.41, 5.74) is 0. The summed E-state index contributed by atoms with van der Waals surface area (Å²) < 4.78 is 0. The highest BCUT2D eigenvalue weighted by Crippen LogP contribution is 2.16. The molecule has 6 heteroatoms. The van der Waals surface area contributed by atoms with Crippen LogP contribution >= 0.6 is 24.0 Å². The van der Waals surface area contributed by atoms with Crippen LogP contribution in [0.5, 0.6) is 0 Å². The molecule has 1 fully saturated rings. The number of anilines is 1. The van der Waals surface area contributed by atoms with Crippen LogP contribution in [0.1, 0.15) is 12.8 Å². The third-order valence-electron chi connectivity index (χ3n) is 2.78. The first kappa shape index (κ1) is 13.5. The summed E-state index contributed by atoms with van der Waals surface area (Å²) in [6.45, 7) is 2.13. The molecular formula is C10H16Cl2N4. The number of aromatic nitrogens is 2. The van der Waals surface area contributed by atoms with Crippen molar-refractivity contribution in [1.29, 1.82) is 0 Å². The molecule has 0 aliphatic carbocycles. The lowest BCUT2D eigenvalue weighted by atomic mass is 10.1. The molecule has 1 aromatic heterocycles. The Morgan fingerprint density at radius 1 is 1.44 bits per heavy atom. The summed E-state index contributed by atoms with van der Waals surface area (Å²) in [4.78, 5) is 10.6. The maximum atomic E-state index is 5.84. The van der Waals surface area contributed by atoms with Gasteiger partial charge in [0.05, 0.1) is 0 Å². The van der Waals surface area contributed by atoms with Crippen molar-refractivity contribution in [3.63, 3.8) is 0 Å². The van der Waals surface area contributed by atoms with E-state index in [9.17, 15) is 0 Å². The fourth-order valence-corrected chi connectivity index (χ4v) is 1.99. The second-order valence-electron chi connectivity index (χ2n) is 3.77. The van der Waals surface area contributed by atoms with E-state index >= 15 is 0 Å². The number of nitrogens with zero attached hydrogens (tertiary/aromatic N) is 3. The van der Waals surface area contributed by atoms with Crippen LogP contribution in [0.4, 0.5) is 5.95 Å². The lowest BCUT2D eigenvalue weighted by Crippen LogP contribution is -2.41. The van der Waals surface area contributed by atoms with E-state index in [1.807, 2.05) is 7.05 Å². The zero-order valence-corrected chi connectivity index (χ0v) is 10.8. The Balaban J connectivity index is 0.00000128. The van der Waals surface area contributed by atoms with Crippen LogP contribution in [0.25, 0.3) is 0 Å². The average Bonchev–Trinajstić information content (AvgIpc) is 2.29. The Morgan fingerprint density at radius 3 is 2.75 bits per heavy atom. The highest BCUT2D eigenvalue weighted by Gasteiger charge is 2.19. The zero-order valence-electron chi connectivity index (χ0n) is 9.19. The lowest BCUT2D eigenvalue weighted by Gasteiger charge is -2.31. The summed E-state index contributed by atoms with van der Waals surface area (Å²) in [6.07, 6.45) is 3.96. The van der Waals surface area contributed by atoms with E-state index in [1.54, 1.807) is 12.3 Å². The van der Waals surface area contributed by atoms with Gasteiger partial charge in [-0.25, -0.2) is 9.97 Å². The van der Waals surface area contributed by atoms with Crippen LogP contribution < -0.4 is 10.2 Å². The summed E-state index contributed by atoms with van der Waals surface area (Å²) in [7, 11) is 2.03. The van der Waals surface area contributed by atoms with Crippen LogP contribution in [0.2, 0.25) is 5.15 Å². The first-order valence-corrected chi connectivity index (χ1v) is 5.57. The third kappa shape index (κ3) is 3.20. The number of halogens is 2. The van der Waals surface area contributed by atoms with E-state index in [0.717, 1.165) is 31.9 Å². The van der Waals surface area contributed by atoms with E-state index in [1.165, 1.54) is 0 Å². The topological polar surface area (TPSA) is 41.1 Å². The molecule has 1 aliphatic heterocycles. The largest absolute Gasteiger partial charge is 0.341 e. The van der Waals surface area contributed by atoms with Gasteiger partial charge in [0.1, 0.15) is 5.15 Å². The SMILES string of the molecule is CN(c1nccc(Cl)n1)C1CCNCC1.Cl. The molecule has 2 heterocycles. The second-order valence-corrected chi connectivity index (χ2v) is 4.16. The quantitative estimate of drug-likeness (QED) is 0.825. The fourth-order valence-electron chi connectivity index (χ4n) is 1.85. The minimum Gasteiger partial charge on any atom is -0.341 e. The standard InChI is InChI=1S/C10H15ClN4.ClH/c1-15(8-2-5-12-6-3-8)10-13-7-4-9(11)14-10;/h4,7-8,12H,2-3,5-6H2,1H3;1H. The van der Waals surface area contributed by atoms with Gasteiger partial charge in [-0.3, -0.25) is 0 Å². The Hall–Kier alpha value is -0.580. The first-order valence-electron chi connectivity index (χ1n) is 5.19. The van der Waals surface area contributed by atoms with Gasteiger partial charge < -0.3 is 10.2 Å². The van der Waals surface area contributed by atoms with E-state index in [4.69, 9.17) is 11.6 Å². The minimum absolute atomic E-state index is 0. The van der Waals surface area contributed by atoms with Crippen LogP contribution in [0.3, 0.4) is 0 Å². The molecule has 0 saturated carbocycles. The Bertz CT molecular complexity index is 328. The molecule has 0 atom stereocenters. The van der Waals surface area contributed by atoms with Gasteiger partial charge in [-0.05, 0) is 32.0 Å². The van der Waals surface area contributed by atoms with Crippen molar-refractivity contribution in [1.82, 2.24) is 15.3 Å². The van der Waals surface area contributed by atoms with Gasteiger partial charge >= 0.3 is 0 Å². The molecule has 2 rings (SSSR count). The molecule has 90 valence electrons. The molecule has 1 aliphatic rings. The van der Waals surface area contributed by atoms with Gasteiger partial charge in [0.15, 0.2) is 0 Å². The summed E-state index contributed by atoms with van der Waals surface area (Å²) in [5, 5.41) is 3.84. The molecule has 0 unspecified atom stereocenters. The summed E-state index contributed by atoms with van der Waals surface area (Å²) in [6, 6.07) is 2.21. The van der Waals surface area contributed by atoms with Gasteiger partial charge in [-0.15, -0.1) is 12.4 Å². The van der Waals surface area contributed by atoms with Gasteiger partial charge in [-0.1, -0.05) is 11.6 Å². The number of hydrogen-bond acceptors (Lipinski definition) is 4. The fraction of sp³-hybridized carbons (Fsp3) is 0.600. The van der Waals surface area contributed by atoms with Crippen molar-refractivity contribution in [3.8, 4) is 0 Å².